The molecule has 0 aliphatic heterocycles. The van der Waals surface area contributed by atoms with Crippen molar-refractivity contribution in [3.63, 3.8) is 0 Å². The van der Waals surface area contributed by atoms with E-state index >= 15 is 0 Å². The lowest BCUT2D eigenvalue weighted by Gasteiger charge is -2.03. The Morgan fingerprint density at radius 2 is 1.90 bits per heavy atom. The summed E-state index contributed by atoms with van der Waals surface area (Å²) in [4.78, 5) is 13.1. The third kappa shape index (κ3) is 3.15. The fourth-order valence-corrected chi connectivity index (χ4v) is 3.42. The molecule has 0 atom stereocenters. The van der Waals surface area contributed by atoms with Gasteiger partial charge in [0.2, 0.25) is 0 Å². The van der Waals surface area contributed by atoms with E-state index in [9.17, 15) is 0 Å². The highest BCUT2D eigenvalue weighted by atomic mass is 35.5. The zero-order valence-electron chi connectivity index (χ0n) is 10.4. The summed E-state index contributed by atoms with van der Waals surface area (Å²) in [5.74, 6) is 1.38. The van der Waals surface area contributed by atoms with E-state index in [4.69, 9.17) is 11.6 Å². The summed E-state index contributed by atoms with van der Waals surface area (Å²) in [5.41, 5.74) is 0.935. The first-order chi connectivity index (χ1) is 9.70. The molecular weight excluding hydrogens is 312 g/mol. The molecule has 3 aromatic rings. The smallest absolute Gasteiger partial charge is 0.176 e. The van der Waals surface area contributed by atoms with Crippen molar-refractivity contribution in [3.8, 4) is 11.4 Å². The molecule has 0 aliphatic rings. The van der Waals surface area contributed by atoms with E-state index in [0.717, 1.165) is 20.8 Å². The van der Waals surface area contributed by atoms with Crippen LogP contribution in [0.3, 0.4) is 0 Å². The number of hydrogen-bond donors (Lipinski definition) is 0. The molecule has 0 saturated heterocycles. The van der Waals surface area contributed by atoms with Gasteiger partial charge < -0.3 is 0 Å². The number of hydrogen-bond acceptors (Lipinski definition) is 6. The van der Waals surface area contributed by atoms with Gasteiger partial charge in [-0.3, -0.25) is 0 Å². The second-order valence-corrected chi connectivity index (χ2v) is 6.33. The number of aromatic nitrogens is 4. The number of nitrogens with zero attached hydrogens (tertiary/aromatic N) is 4. The maximum absolute atomic E-state index is 6.07. The van der Waals surface area contributed by atoms with Gasteiger partial charge in [0.25, 0.3) is 0 Å². The first-order valence-corrected chi connectivity index (χ1v) is 7.76. The minimum atomic E-state index is 0.419. The van der Waals surface area contributed by atoms with Gasteiger partial charge in [-0.25, -0.2) is 15.0 Å². The molecular formula is C13H9ClN4S2. The van der Waals surface area contributed by atoms with Crippen LogP contribution in [0.1, 0.15) is 5.82 Å². The highest BCUT2D eigenvalue weighted by Crippen LogP contribution is 2.30. The Morgan fingerprint density at radius 3 is 2.60 bits per heavy atom. The molecule has 0 aliphatic carbocycles. The van der Waals surface area contributed by atoms with Crippen molar-refractivity contribution in [2.45, 2.75) is 16.3 Å². The van der Waals surface area contributed by atoms with Crippen LogP contribution in [0.15, 0.2) is 45.8 Å². The first kappa shape index (κ1) is 13.5. The van der Waals surface area contributed by atoms with Crippen molar-refractivity contribution in [2.75, 3.05) is 0 Å². The summed E-state index contributed by atoms with van der Waals surface area (Å²) < 4.78 is 4.99. The maximum Gasteiger partial charge on any atom is 0.176 e. The highest BCUT2D eigenvalue weighted by Gasteiger charge is 2.09. The van der Waals surface area contributed by atoms with Gasteiger partial charge in [-0.15, -0.1) is 0 Å². The van der Waals surface area contributed by atoms with Crippen molar-refractivity contribution in [3.05, 3.63) is 47.4 Å². The summed E-state index contributed by atoms with van der Waals surface area (Å²) in [6, 6.07) is 11.5. The van der Waals surface area contributed by atoms with E-state index in [1.807, 2.05) is 37.3 Å². The summed E-state index contributed by atoms with van der Waals surface area (Å²) in [6.45, 7) is 1.86. The quantitative estimate of drug-likeness (QED) is 0.680. The molecule has 2 heterocycles. The van der Waals surface area contributed by atoms with Crippen LogP contribution in [-0.2, 0) is 0 Å². The van der Waals surface area contributed by atoms with Crippen molar-refractivity contribution < 1.29 is 0 Å². The molecule has 0 spiro atoms. The largest absolute Gasteiger partial charge is 0.221 e. The van der Waals surface area contributed by atoms with Gasteiger partial charge >= 0.3 is 0 Å². The van der Waals surface area contributed by atoms with Gasteiger partial charge in [-0.05, 0) is 30.2 Å². The van der Waals surface area contributed by atoms with Gasteiger partial charge in [0.15, 0.2) is 10.2 Å². The Bertz CT molecular complexity index is 730. The van der Waals surface area contributed by atoms with Crippen molar-refractivity contribution in [2.24, 2.45) is 0 Å². The predicted octanol–water partition coefficient (Wildman–Crippen LogP) is 4.11. The van der Waals surface area contributed by atoms with Gasteiger partial charge in [0.1, 0.15) is 16.0 Å². The number of aryl methyl sites for hydroxylation is 1. The van der Waals surface area contributed by atoms with E-state index < -0.39 is 0 Å². The topological polar surface area (TPSA) is 51.6 Å². The fraction of sp³-hybridized carbons (Fsp3) is 0.0769. The normalized spacial score (nSPS) is 10.7. The van der Waals surface area contributed by atoms with Gasteiger partial charge in [0.05, 0.1) is 0 Å². The van der Waals surface area contributed by atoms with Crippen LogP contribution in [0.5, 0.6) is 0 Å². The van der Waals surface area contributed by atoms with Gasteiger partial charge in [0, 0.05) is 11.6 Å². The summed E-state index contributed by atoms with van der Waals surface area (Å²) in [5, 5.41) is 1.18. The predicted molar refractivity (Wildman–Crippen MR) is 81.2 cm³/mol. The molecule has 0 N–H and O–H groups in total. The summed E-state index contributed by atoms with van der Waals surface area (Å²) in [6.07, 6.45) is 0. The molecule has 3 rings (SSSR count). The van der Waals surface area contributed by atoms with Crippen LogP contribution in [0.25, 0.3) is 11.4 Å². The molecule has 0 radical (unpaired) electrons. The SMILES string of the molecule is Cc1nsc(Sc2cc(Cl)nc(-c3ccccc3)n2)n1. The summed E-state index contributed by atoms with van der Waals surface area (Å²) >= 11 is 8.87. The molecule has 100 valence electrons. The van der Waals surface area contributed by atoms with Crippen LogP contribution in [0.4, 0.5) is 0 Å². The van der Waals surface area contributed by atoms with E-state index in [-0.39, 0.29) is 0 Å². The number of benzene rings is 1. The molecule has 20 heavy (non-hydrogen) atoms. The fourth-order valence-electron chi connectivity index (χ4n) is 1.57. The third-order valence-corrected chi connectivity index (χ3v) is 4.36. The summed E-state index contributed by atoms with van der Waals surface area (Å²) in [7, 11) is 0. The molecule has 4 nitrogen and oxygen atoms in total. The van der Waals surface area contributed by atoms with Crippen molar-refractivity contribution in [1.29, 1.82) is 0 Å². The van der Waals surface area contributed by atoms with E-state index in [2.05, 4.69) is 19.3 Å². The molecule has 0 unspecified atom stereocenters. The number of halogens is 1. The van der Waals surface area contributed by atoms with Crippen LogP contribution in [-0.4, -0.2) is 19.3 Å². The van der Waals surface area contributed by atoms with Crippen molar-refractivity contribution in [1.82, 2.24) is 19.3 Å². The lowest BCUT2D eigenvalue weighted by molar-refractivity contribution is 1.05. The van der Waals surface area contributed by atoms with E-state index in [1.54, 1.807) is 6.07 Å². The van der Waals surface area contributed by atoms with Gasteiger partial charge in [-0.1, -0.05) is 41.9 Å². The molecule has 0 saturated carbocycles. The average molecular weight is 321 g/mol. The van der Waals surface area contributed by atoms with Crippen LogP contribution in [0, 0.1) is 6.92 Å². The first-order valence-electron chi connectivity index (χ1n) is 5.79. The minimum Gasteiger partial charge on any atom is -0.221 e. The molecule has 7 heteroatoms. The minimum absolute atomic E-state index is 0.419. The zero-order valence-corrected chi connectivity index (χ0v) is 12.8. The Kier molecular flexibility index (Phi) is 3.95. The van der Waals surface area contributed by atoms with Crippen LogP contribution >= 0.6 is 34.9 Å². The van der Waals surface area contributed by atoms with Crippen LogP contribution < -0.4 is 0 Å². The molecule has 1 aromatic carbocycles. The second kappa shape index (κ2) is 5.87. The van der Waals surface area contributed by atoms with Crippen LogP contribution in [0.2, 0.25) is 5.15 Å². The maximum atomic E-state index is 6.07. The molecule has 0 amide bonds. The Balaban J connectivity index is 1.94. The highest BCUT2D eigenvalue weighted by molar-refractivity contribution is 8.00. The molecule has 2 aromatic heterocycles. The van der Waals surface area contributed by atoms with E-state index in [0.29, 0.717) is 11.0 Å². The Labute approximate surface area is 129 Å². The lowest BCUT2D eigenvalue weighted by Crippen LogP contribution is -1.91. The Morgan fingerprint density at radius 1 is 1.10 bits per heavy atom. The monoisotopic (exact) mass is 320 g/mol. The zero-order chi connectivity index (χ0) is 13.9. The molecule has 0 bridgehead atoms. The Hall–Kier alpha value is -1.50. The number of rotatable bonds is 3. The average Bonchev–Trinajstić information content (AvgIpc) is 2.84. The third-order valence-electron chi connectivity index (χ3n) is 2.40. The lowest BCUT2D eigenvalue weighted by atomic mass is 10.2. The van der Waals surface area contributed by atoms with E-state index in [1.165, 1.54) is 23.3 Å². The van der Waals surface area contributed by atoms with Crippen molar-refractivity contribution >= 4 is 34.9 Å². The second-order valence-electron chi connectivity index (χ2n) is 3.93. The standard InChI is InChI=1S/C13H9ClN4S2/c1-8-15-13(20-18-8)19-11-7-10(14)16-12(17-11)9-5-3-2-4-6-9/h2-7H,1H3. The van der Waals surface area contributed by atoms with Gasteiger partial charge in [-0.2, -0.15) is 4.37 Å². The molecule has 0 fully saturated rings.